The molecule has 2 rings (SSSR count). The van der Waals surface area contributed by atoms with E-state index in [2.05, 4.69) is 0 Å². The highest BCUT2D eigenvalue weighted by Crippen LogP contribution is 2.22. The summed E-state index contributed by atoms with van der Waals surface area (Å²) in [4.78, 5) is 0.352. The Morgan fingerprint density at radius 3 is 2.59 bits per heavy atom. The number of fused-ring (bicyclic) bond motifs is 1. The Morgan fingerprint density at radius 2 is 2.00 bits per heavy atom. The van der Waals surface area contributed by atoms with Gasteiger partial charge in [0.05, 0.1) is 4.90 Å². The zero-order chi connectivity index (χ0) is 12.6. The number of sulfone groups is 1. The molecule has 0 spiro atoms. The Balaban J connectivity index is 2.65. The van der Waals surface area contributed by atoms with Crippen LogP contribution in [0.2, 0.25) is 0 Å². The first kappa shape index (κ1) is 12.1. The van der Waals surface area contributed by atoms with Crippen LogP contribution in [0.4, 0.5) is 0 Å². The van der Waals surface area contributed by atoms with Crippen molar-refractivity contribution < 1.29 is 8.42 Å². The second-order valence-corrected chi connectivity index (χ2v) is 6.24. The highest BCUT2D eigenvalue weighted by atomic mass is 32.2. The number of hydrogen-bond donors (Lipinski definition) is 1. The highest BCUT2D eigenvalue weighted by molar-refractivity contribution is 7.90. The van der Waals surface area contributed by atoms with Crippen LogP contribution in [-0.2, 0) is 23.3 Å². The summed E-state index contributed by atoms with van der Waals surface area (Å²) in [5, 5.41) is 1.04. The monoisotopic (exact) mass is 252 g/mol. The van der Waals surface area contributed by atoms with Crippen LogP contribution in [-0.4, -0.2) is 25.8 Å². The molecule has 0 aliphatic carbocycles. The van der Waals surface area contributed by atoms with Crippen molar-refractivity contribution in [2.24, 2.45) is 12.8 Å². The third-order valence-electron chi connectivity index (χ3n) is 2.94. The highest BCUT2D eigenvalue weighted by Gasteiger charge is 2.11. The molecule has 0 fully saturated rings. The molecule has 0 aliphatic heterocycles. The molecule has 1 aromatic heterocycles. The quantitative estimate of drug-likeness (QED) is 0.889. The summed E-state index contributed by atoms with van der Waals surface area (Å²) in [7, 11) is -1.22. The van der Waals surface area contributed by atoms with E-state index in [-0.39, 0.29) is 0 Å². The minimum Gasteiger partial charge on any atom is -0.348 e. The SMILES string of the molecule is Cn1c(CCN)cc2ccc(S(C)(=O)=O)cc21. The minimum absolute atomic E-state index is 0.352. The number of nitrogens with zero attached hydrogens (tertiary/aromatic N) is 1. The van der Waals surface area contributed by atoms with E-state index in [9.17, 15) is 8.42 Å². The van der Waals surface area contributed by atoms with Gasteiger partial charge in [-0.2, -0.15) is 0 Å². The van der Waals surface area contributed by atoms with E-state index in [0.29, 0.717) is 11.4 Å². The molecule has 1 aromatic carbocycles. The number of nitrogens with two attached hydrogens (primary N) is 1. The molecule has 0 aliphatic rings. The second kappa shape index (κ2) is 4.16. The molecule has 0 unspecified atom stereocenters. The molecule has 0 radical (unpaired) electrons. The average Bonchev–Trinajstić information content (AvgIpc) is 2.55. The Kier molecular flexibility index (Phi) is 2.97. The van der Waals surface area contributed by atoms with Gasteiger partial charge in [0.15, 0.2) is 9.84 Å². The first-order valence-electron chi connectivity index (χ1n) is 5.42. The van der Waals surface area contributed by atoms with E-state index < -0.39 is 9.84 Å². The molecule has 17 heavy (non-hydrogen) atoms. The number of benzene rings is 1. The van der Waals surface area contributed by atoms with Crippen molar-refractivity contribution in [1.29, 1.82) is 0 Å². The van der Waals surface area contributed by atoms with Gasteiger partial charge in [-0.05, 0) is 36.6 Å². The van der Waals surface area contributed by atoms with Crippen molar-refractivity contribution in [3.8, 4) is 0 Å². The van der Waals surface area contributed by atoms with Gasteiger partial charge in [-0.25, -0.2) is 8.42 Å². The van der Waals surface area contributed by atoms with Crippen LogP contribution in [0, 0.1) is 0 Å². The maximum absolute atomic E-state index is 11.5. The Hall–Kier alpha value is -1.33. The van der Waals surface area contributed by atoms with E-state index in [1.54, 1.807) is 12.1 Å². The lowest BCUT2D eigenvalue weighted by Crippen LogP contribution is -2.06. The molecule has 0 bridgehead atoms. The van der Waals surface area contributed by atoms with Crippen molar-refractivity contribution in [2.75, 3.05) is 12.8 Å². The lowest BCUT2D eigenvalue weighted by molar-refractivity contribution is 0.602. The molecular formula is C12H16N2O2S. The first-order chi connectivity index (χ1) is 7.93. The lowest BCUT2D eigenvalue weighted by atomic mass is 10.2. The normalized spacial score (nSPS) is 12.2. The van der Waals surface area contributed by atoms with Crippen LogP contribution in [0.3, 0.4) is 0 Å². The van der Waals surface area contributed by atoms with Crippen molar-refractivity contribution in [3.63, 3.8) is 0 Å². The van der Waals surface area contributed by atoms with E-state index >= 15 is 0 Å². The minimum atomic E-state index is -3.15. The fourth-order valence-corrected chi connectivity index (χ4v) is 2.63. The topological polar surface area (TPSA) is 65.1 Å². The van der Waals surface area contributed by atoms with Gasteiger partial charge in [0.1, 0.15) is 0 Å². The van der Waals surface area contributed by atoms with Gasteiger partial charge in [0.2, 0.25) is 0 Å². The molecule has 4 nitrogen and oxygen atoms in total. The van der Waals surface area contributed by atoms with Crippen LogP contribution in [0.25, 0.3) is 10.9 Å². The fourth-order valence-electron chi connectivity index (χ4n) is 1.99. The number of aryl methyl sites for hydroxylation is 1. The summed E-state index contributed by atoms with van der Waals surface area (Å²) < 4.78 is 25.0. The maximum atomic E-state index is 11.5. The summed E-state index contributed by atoms with van der Waals surface area (Å²) in [6.45, 7) is 0.586. The summed E-state index contributed by atoms with van der Waals surface area (Å²) in [6.07, 6.45) is 2.01. The number of rotatable bonds is 3. The Morgan fingerprint density at radius 1 is 1.29 bits per heavy atom. The van der Waals surface area contributed by atoms with Gasteiger partial charge in [-0.1, -0.05) is 6.07 Å². The predicted molar refractivity (Wildman–Crippen MR) is 68.8 cm³/mol. The zero-order valence-electron chi connectivity index (χ0n) is 9.97. The number of aromatic nitrogens is 1. The lowest BCUT2D eigenvalue weighted by Gasteiger charge is -2.03. The van der Waals surface area contributed by atoms with Gasteiger partial charge in [-0.15, -0.1) is 0 Å². The summed E-state index contributed by atoms with van der Waals surface area (Å²) >= 11 is 0. The molecule has 5 heteroatoms. The van der Waals surface area contributed by atoms with E-state index in [4.69, 9.17) is 5.73 Å². The van der Waals surface area contributed by atoms with Crippen molar-refractivity contribution >= 4 is 20.7 Å². The zero-order valence-corrected chi connectivity index (χ0v) is 10.8. The predicted octanol–water partition coefficient (Wildman–Crippen LogP) is 1.08. The Bertz CT molecular complexity index is 656. The largest absolute Gasteiger partial charge is 0.348 e. The second-order valence-electron chi connectivity index (χ2n) is 4.23. The average molecular weight is 252 g/mol. The summed E-state index contributed by atoms with van der Waals surface area (Å²) in [5.41, 5.74) is 7.59. The maximum Gasteiger partial charge on any atom is 0.175 e. The molecule has 0 saturated carbocycles. The molecular weight excluding hydrogens is 236 g/mol. The van der Waals surface area contributed by atoms with Gasteiger partial charge in [0.25, 0.3) is 0 Å². The third kappa shape index (κ3) is 2.21. The smallest absolute Gasteiger partial charge is 0.175 e. The standard InChI is InChI=1S/C12H16N2O2S/c1-14-10(5-6-13)7-9-3-4-11(8-12(9)14)17(2,15)16/h3-4,7-8H,5-6,13H2,1-2H3. The molecule has 0 saturated heterocycles. The summed E-state index contributed by atoms with van der Waals surface area (Å²) in [6, 6.07) is 7.24. The van der Waals surface area contributed by atoms with Crippen LogP contribution in [0.15, 0.2) is 29.2 Å². The molecule has 92 valence electrons. The molecule has 2 aromatic rings. The van der Waals surface area contributed by atoms with Gasteiger partial charge >= 0.3 is 0 Å². The van der Waals surface area contributed by atoms with Crippen LogP contribution >= 0.6 is 0 Å². The van der Waals surface area contributed by atoms with Crippen molar-refractivity contribution in [3.05, 3.63) is 30.0 Å². The van der Waals surface area contributed by atoms with Crippen molar-refractivity contribution in [2.45, 2.75) is 11.3 Å². The molecule has 0 atom stereocenters. The molecule has 1 heterocycles. The molecule has 2 N–H and O–H groups in total. The van der Waals surface area contributed by atoms with Crippen LogP contribution in [0.5, 0.6) is 0 Å². The summed E-state index contributed by atoms with van der Waals surface area (Å²) in [5.74, 6) is 0. The van der Waals surface area contributed by atoms with Crippen molar-refractivity contribution in [1.82, 2.24) is 4.57 Å². The van der Waals surface area contributed by atoms with Crippen LogP contribution in [0.1, 0.15) is 5.69 Å². The van der Waals surface area contributed by atoms with Gasteiger partial charge in [0, 0.05) is 24.5 Å². The molecule has 0 amide bonds. The third-order valence-corrected chi connectivity index (χ3v) is 4.06. The first-order valence-corrected chi connectivity index (χ1v) is 7.31. The van der Waals surface area contributed by atoms with Gasteiger partial charge < -0.3 is 10.3 Å². The fraction of sp³-hybridized carbons (Fsp3) is 0.333. The van der Waals surface area contributed by atoms with E-state index in [0.717, 1.165) is 23.0 Å². The van der Waals surface area contributed by atoms with E-state index in [1.807, 2.05) is 23.7 Å². The van der Waals surface area contributed by atoms with Gasteiger partial charge in [-0.3, -0.25) is 0 Å². The van der Waals surface area contributed by atoms with E-state index in [1.165, 1.54) is 6.26 Å². The van der Waals surface area contributed by atoms with Crippen LogP contribution < -0.4 is 5.73 Å². The number of hydrogen-bond acceptors (Lipinski definition) is 3. The Labute approximate surface area is 101 Å².